The largest absolute Gasteiger partial charge is 0.393 e. The standard InChI is InChI=1S/C17H21NOS/c19-12-9-7-11(8-10-12)18-14-4-2-6-16-17(14)13-3-1-5-15(13)20-16/h2,4,6,11-12,18-19H,1,3,5,7-10H2/t11-,12-. The molecular weight excluding hydrogens is 266 g/mol. The summed E-state index contributed by atoms with van der Waals surface area (Å²) in [5.41, 5.74) is 2.92. The lowest BCUT2D eigenvalue weighted by Gasteiger charge is -2.27. The van der Waals surface area contributed by atoms with E-state index in [4.69, 9.17) is 0 Å². The molecule has 2 aromatic rings. The van der Waals surface area contributed by atoms with Gasteiger partial charge >= 0.3 is 0 Å². The van der Waals surface area contributed by atoms with Crippen LogP contribution in [0, 0.1) is 0 Å². The molecule has 0 bridgehead atoms. The first kappa shape index (κ1) is 12.7. The molecule has 0 spiro atoms. The fourth-order valence-electron chi connectivity index (χ4n) is 3.71. The van der Waals surface area contributed by atoms with Crippen LogP contribution < -0.4 is 5.32 Å². The van der Waals surface area contributed by atoms with E-state index in [1.54, 1.807) is 10.4 Å². The first-order chi connectivity index (χ1) is 9.81. The zero-order valence-corrected chi connectivity index (χ0v) is 12.5. The van der Waals surface area contributed by atoms with Gasteiger partial charge in [0.1, 0.15) is 0 Å². The Labute approximate surface area is 123 Å². The Kier molecular flexibility index (Phi) is 3.20. The third-order valence-corrected chi connectivity index (χ3v) is 6.04. The number of thiophene rings is 1. The van der Waals surface area contributed by atoms with Gasteiger partial charge in [0.15, 0.2) is 0 Å². The Morgan fingerprint density at radius 2 is 1.95 bits per heavy atom. The predicted octanol–water partition coefficient (Wildman–Crippen LogP) is 4.11. The molecule has 1 saturated carbocycles. The van der Waals surface area contributed by atoms with Crippen LogP contribution in [0.2, 0.25) is 0 Å². The van der Waals surface area contributed by atoms with Crippen molar-refractivity contribution in [2.24, 2.45) is 0 Å². The number of benzene rings is 1. The third kappa shape index (κ3) is 2.13. The molecular formula is C17H21NOS. The van der Waals surface area contributed by atoms with Gasteiger partial charge < -0.3 is 10.4 Å². The minimum absolute atomic E-state index is 0.0748. The number of anilines is 1. The molecule has 1 aromatic carbocycles. The van der Waals surface area contributed by atoms with Gasteiger partial charge in [-0.05, 0) is 62.6 Å². The molecule has 1 aromatic heterocycles. The van der Waals surface area contributed by atoms with Gasteiger partial charge in [-0.3, -0.25) is 0 Å². The van der Waals surface area contributed by atoms with Gasteiger partial charge in [-0.2, -0.15) is 0 Å². The minimum atomic E-state index is -0.0748. The fraction of sp³-hybridized carbons (Fsp3) is 0.529. The molecule has 0 atom stereocenters. The van der Waals surface area contributed by atoms with E-state index in [1.807, 2.05) is 11.3 Å². The lowest BCUT2D eigenvalue weighted by molar-refractivity contribution is 0.126. The number of aliphatic hydroxyl groups excluding tert-OH is 1. The monoisotopic (exact) mass is 287 g/mol. The van der Waals surface area contributed by atoms with Gasteiger partial charge in [-0.1, -0.05) is 6.07 Å². The maximum Gasteiger partial charge on any atom is 0.0541 e. The second-order valence-corrected chi connectivity index (χ2v) is 7.32. The summed E-state index contributed by atoms with van der Waals surface area (Å²) < 4.78 is 1.44. The maximum atomic E-state index is 9.63. The zero-order chi connectivity index (χ0) is 13.5. The molecule has 2 N–H and O–H groups in total. The van der Waals surface area contributed by atoms with Crippen molar-refractivity contribution in [3.63, 3.8) is 0 Å². The number of aliphatic hydroxyl groups is 1. The van der Waals surface area contributed by atoms with Gasteiger partial charge in [0.05, 0.1) is 6.10 Å². The van der Waals surface area contributed by atoms with Crippen LogP contribution >= 0.6 is 11.3 Å². The van der Waals surface area contributed by atoms with E-state index in [2.05, 4.69) is 23.5 Å². The van der Waals surface area contributed by atoms with Crippen LogP contribution in [-0.4, -0.2) is 17.3 Å². The van der Waals surface area contributed by atoms with Crippen LogP contribution in [0.15, 0.2) is 18.2 Å². The van der Waals surface area contributed by atoms with Crippen LogP contribution in [0.3, 0.4) is 0 Å². The quantitative estimate of drug-likeness (QED) is 0.871. The molecule has 0 amide bonds. The van der Waals surface area contributed by atoms with E-state index in [0.717, 1.165) is 25.7 Å². The highest BCUT2D eigenvalue weighted by atomic mass is 32.1. The zero-order valence-electron chi connectivity index (χ0n) is 11.7. The number of nitrogens with one attached hydrogen (secondary N) is 1. The molecule has 2 nitrogen and oxygen atoms in total. The Bertz CT molecular complexity index is 625. The topological polar surface area (TPSA) is 32.3 Å². The first-order valence-corrected chi connectivity index (χ1v) is 8.61. The highest BCUT2D eigenvalue weighted by molar-refractivity contribution is 7.19. The highest BCUT2D eigenvalue weighted by Crippen LogP contribution is 2.41. The van der Waals surface area contributed by atoms with Crippen molar-refractivity contribution in [3.8, 4) is 0 Å². The predicted molar refractivity (Wildman–Crippen MR) is 85.7 cm³/mol. The molecule has 0 saturated heterocycles. The fourth-order valence-corrected chi connectivity index (χ4v) is 5.03. The van der Waals surface area contributed by atoms with Crippen molar-refractivity contribution in [2.75, 3.05) is 5.32 Å². The van der Waals surface area contributed by atoms with E-state index in [1.165, 1.54) is 35.0 Å². The molecule has 0 aliphatic heterocycles. The van der Waals surface area contributed by atoms with Crippen LogP contribution in [0.5, 0.6) is 0 Å². The van der Waals surface area contributed by atoms with Gasteiger partial charge in [-0.25, -0.2) is 0 Å². The molecule has 2 aliphatic rings. The van der Waals surface area contributed by atoms with Crippen molar-refractivity contribution >= 4 is 27.1 Å². The first-order valence-electron chi connectivity index (χ1n) is 7.79. The number of hydrogen-bond donors (Lipinski definition) is 2. The molecule has 20 heavy (non-hydrogen) atoms. The molecule has 1 heterocycles. The van der Waals surface area contributed by atoms with Crippen molar-refractivity contribution in [3.05, 3.63) is 28.6 Å². The Morgan fingerprint density at radius 3 is 2.80 bits per heavy atom. The lowest BCUT2D eigenvalue weighted by atomic mass is 9.93. The average molecular weight is 287 g/mol. The molecule has 0 radical (unpaired) electrons. The molecule has 0 unspecified atom stereocenters. The van der Waals surface area contributed by atoms with Crippen molar-refractivity contribution < 1.29 is 5.11 Å². The second-order valence-electron chi connectivity index (χ2n) is 6.19. The van der Waals surface area contributed by atoms with E-state index in [9.17, 15) is 5.11 Å². The van der Waals surface area contributed by atoms with Crippen molar-refractivity contribution in [2.45, 2.75) is 57.1 Å². The van der Waals surface area contributed by atoms with Gasteiger partial charge in [0.25, 0.3) is 0 Å². The number of hydrogen-bond acceptors (Lipinski definition) is 3. The van der Waals surface area contributed by atoms with E-state index < -0.39 is 0 Å². The summed E-state index contributed by atoms with van der Waals surface area (Å²) in [6, 6.07) is 7.20. The summed E-state index contributed by atoms with van der Waals surface area (Å²) in [6.07, 6.45) is 7.81. The summed E-state index contributed by atoms with van der Waals surface area (Å²) >= 11 is 1.98. The van der Waals surface area contributed by atoms with Crippen LogP contribution in [0.4, 0.5) is 5.69 Å². The molecule has 106 valence electrons. The molecule has 1 fully saturated rings. The van der Waals surface area contributed by atoms with Gasteiger partial charge in [-0.15, -0.1) is 11.3 Å². The van der Waals surface area contributed by atoms with Gasteiger partial charge in [0, 0.05) is 26.7 Å². The summed E-state index contributed by atoms with van der Waals surface area (Å²) in [6.45, 7) is 0. The normalized spacial score (nSPS) is 25.9. The van der Waals surface area contributed by atoms with Crippen LogP contribution in [0.25, 0.3) is 10.1 Å². The summed E-state index contributed by atoms with van der Waals surface area (Å²) in [4.78, 5) is 1.60. The molecule has 2 aliphatic carbocycles. The minimum Gasteiger partial charge on any atom is -0.393 e. The molecule has 3 heteroatoms. The number of aryl methyl sites for hydroxylation is 2. The number of rotatable bonds is 2. The second kappa shape index (κ2) is 5.05. The van der Waals surface area contributed by atoms with Crippen molar-refractivity contribution in [1.29, 1.82) is 0 Å². The third-order valence-electron chi connectivity index (χ3n) is 4.78. The number of fused-ring (bicyclic) bond motifs is 3. The Hall–Kier alpha value is -1.06. The summed E-state index contributed by atoms with van der Waals surface area (Å²) in [5.74, 6) is 0. The average Bonchev–Trinajstić information content (AvgIpc) is 3.02. The van der Waals surface area contributed by atoms with Crippen LogP contribution in [-0.2, 0) is 12.8 Å². The lowest BCUT2D eigenvalue weighted by Crippen LogP contribution is -2.28. The SMILES string of the molecule is O[C@H]1CC[C@H](Nc2cccc3sc4c(c23)CCC4)CC1. The highest BCUT2D eigenvalue weighted by Gasteiger charge is 2.22. The van der Waals surface area contributed by atoms with E-state index >= 15 is 0 Å². The molecule has 4 rings (SSSR count). The van der Waals surface area contributed by atoms with E-state index in [0.29, 0.717) is 6.04 Å². The van der Waals surface area contributed by atoms with Crippen molar-refractivity contribution in [1.82, 2.24) is 0 Å². The van der Waals surface area contributed by atoms with Gasteiger partial charge in [0.2, 0.25) is 0 Å². The summed E-state index contributed by atoms with van der Waals surface area (Å²) in [7, 11) is 0. The smallest absolute Gasteiger partial charge is 0.0541 e. The summed E-state index contributed by atoms with van der Waals surface area (Å²) in [5, 5.41) is 14.9. The Balaban J connectivity index is 1.66. The van der Waals surface area contributed by atoms with E-state index in [-0.39, 0.29) is 6.10 Å². The van der Waals surface area contributed by atoms with Crippen LogP contribution in [0.1, 0.15) is 42.5 Å². The maximum absolute atomic E-state index is 9.63. The Morgan fingerprint density at radius 1 is 1.10 bits per heavy atom.